The monoisotopic (exact) mass is 315 g/mol. The highest BCUT2D eigenvalue weighted by atomic mass is 32.1. The molecule has 1 aliphatic carbocycles. The van der Waals surface area contributed by atoms with E-state index in [0.717, 1.165) is 23.9 Å². The Morgan fingerprint density at radius 2 is 2.10 bits per heavy atom. The van der Waals surface area contributed by atoms with Crippen molar-refractivity contribution in [2.75, 3.05) is 6.54 Å². The van der Waals surface area contributed by atoms with Crippen LogP contribution in [0.3, 0.4) is 0 Å². The molecule has 6 heteroatoms. The van der Waals surface area contributed by atoms with Crippen LogP contribution >= 0.6 is 23.1 Å². The molecule has 1 aliphatic rings. The topological polar surface area (TPSA) is 54.9 Å². The smallest absolute Gasteiger partial charge is 0.251 e. The van der Waals surface area contributed by atoms with Gasteiger partial charge in [0.2, 0.25) is 0 Å². The number of hydrogen-bond donors (Lipinski definition) is 1. The van der Waals surface area contributed by atoms with Crippen molar-refractivity contribution in [3.8, 4) is 0 Å². The SMILES string of the molecule is O=C(NCC1(c2cccs2)CC1)c1ccc2nsnc2c1. The molecule has 1 amide bonds. The Labute approximate surface area is 130 Å². The van der Waals surface area contributed by atoms with Gasteiger partial charge in [-0.3, -0.25) is 4.79 Å². The molecule has 1 fully saturated rings. The van der Waals surface area contributed by atoms with Crippen LogP contribution in [-0.2, 0) is 5.41 Å². The molecule has 0 radical (unpaired) electrons. The highest BCUT2D eigenvalue weighted by Gasteiger charge is 2.45. The van der Waals surface area contributed by atoms with Crippen LogP contribution in [0.1, 0.15) is 28.1 Å². The number of hydrogen-bond acceptors (Lipinski definition) is 5. The largest absolute Gasteiger partial charge is 0.351 e. The van der Waals surface area contributed by atoms with E-state index < -0.39 is 0 Å². The fourth-order valence-corrected chi connectivity index (χ4v) is 4.02. The van der Waals surface area contributed by atoms with Gasteiger partial charge in [0.15, 0.2) is 0 Å². The molecule has 2 aromatic heterocycles. The van der Waals surface area contributed by atoms with Crippen LogP contribution < -0.4 is 5.32 Å². The van der Waals surface area contributed by atoms with Gasteiger partial charge in [-0.25, -0.2) is 0 Å². The molecule has 0 bridgehead atoms. The summed E-state index contributed by atoms with van der Waals surface area (Å²) < 4.78 is 8.32. The number of rotatable bonds is 4. The Balaban J connectivity index is 1.48. The van der Waals surface area contributed by atoms with Gasteiger partial charge in [-0.1, -0.05) is 6.07 Å². The summed E-state index contributed by atoms with van der Waals surface area (Å²) >= 11 is 2.94. The molecular formula is C15H13N3OS2. The summed E-state index contributed by atoms with van der Waals surface area (Å²) in [7, 11) is 0. The maximum atomic E-state index is 12.3. The lowest BCUT2D eigenvalue weighted by atomic mass is 10.1. The average Bonchev–Trinajstić information content (AvgIpc) is 2.96. The number of nitrogens with one attached hydrogen (secondary N) is 1. The van der Waals surface area contributed by atoms with Crippen LogP contribution in [0.4, 0.5) is 0 Å². The standard InChI is InChI=1S/C15H13N3OS2/c19-14(10-3-4-11-12(8-10)18-21-17-11)16-9-15(5-6-15)13-2-1-7-20-13/h1-4,7-8H,5-6,9H2,(H,16,19). The lowest BCUT2D eigenvalue weighted by molar-refractivity contribution is 0.0950. The predicted octanol–water partition coefficient (Wildman–Crippen LogP) is 3.21. The van der Waals surface area contributed by atoms with E-state index >= 15 is 0 Å². The fraction of sp³-hybridized carbons (Fsp3) is 0.267. The van der Waals surface area contributed by atoms with E-state index in [-0.39, 0.29) is 11.3 Å². The van der Waals surface area contributed by atoms with Gasteiger partial charge in [0.25, 0.3) is 5.91 Å². The second kappa shape index (κ2) is 4.89. The number of fused-ring (bicyclic) bond motifs is 1. The van der Waals surface area contributed by atoms with Crippen LogP contribution in [0, 0.1) is 0 Å². The van der Waals surface area contributed by atoms with E-state index in [1.165, 1.54) is 16.6 Å². The second-order valence-electron chi connectivity index (χ2n) is 5.41. The summed E-state index contributed by atoms with van der Waals surface area (Å²) in [5.41, 5.74) is 2.45. The van der Waals surface area contributed by atoms with Crippen molar-refractivity contribution in [1.29, 1.82) is 0 Å². The first-order valence-corrected chi connectivity index (χ1v) is 8.42. The zero-order valence-corrected chi connectivity index (χ0v) is 12.8. The van der Waals surface area contributed by atoms with Gasteiger partial charge in [0, 0.05) is 22.4 Å². The number of carbonyl (C=O) groups is 1. The molecule has 0 unspecified atom stereocenters. The Morgan fingerprint density at radius 3 is 2.86 bits per heavy atom. The second-order valence-corrected chi connectivity index (χ2v) is 6.88. The lowest BCUT2D eigenvalue weighted by Crippen LogP contribution is -2.31. The lowest BCUT2D eigenvalue weighted by Gasteiger charge is -2.14. The van der Waals surface area contributed by atoms with E-state index in [2.05, 4.69) is 31.6 Å². The van der Waals surface area contributed by atoms with Crippen LogP contribution in [0.15, 0.2) is 35.7 Å². The van der Waals surface area contributed by atoms with E-state index in [4.69, 9.17) is 0 Å². The first-order valence-electron chi connectivity index (χ1n) is 6.81. The molecule has 0 aliphatic heterocycles. The predicted molar refractivity (Wildman–Crippen MR) is 85.0 cm³/mol. The summed E-state index contributed by atoms with van der Waals surface area (Å²) in [5.74, 6) is -0.0345. The third-order valence-corrected chi connectivity index (χ3v) is 5.67. The first kappa shape index (κ1) is 12.9. The van der Waals surface area contributed by atoms with Gasteiger partial charge in [-0.2, -0.15) is 8.75 Å². The summed E-state index contributed by atoms with van der Waals surface area (Å²) in [6, 6.07) is 9.70. The minimum Gasteiger partial charge on any atom is -0.351 e. The van der Waals surface area contributed by atoms with Crippen LogP contribution in [0.25, 0.3) is 11.0 Å². The molecule has 2 heterocycles. The minimum atomic E-state index is -0.0345. The molecule has 1 N–H and O–H groups in total. The van der Waals surface area contributed by atoms with E-state index in [1.54, 1.807) is 17.4 Å². The van der Waals surface area contributed by atoms with Gasteiger partial charge in [0.05, 0.1) is 11.7 Å². The maximum Gasteiger partial charge on any atom is 0.251 e. The molecule has 0 saturated heterocycles. The quantitative estimate of drug-likeness (QED) is 0.804. The van der Waals surface area contributed by atoms with Crippen LogP contribution in [0.5, 0.6) is 0 Å². The molecular weight excluding hydrogens is 302 g/mol. The van der Waals surface area contributed by atoms with E-state index in [9.17, 15) is 4.79 Å². The molecule has 4 nitrogen and oxygen atoms in total. The molecule has 0 atom stereocenters. The maximum absolute atomic E-state index is 12.3. The normalized spacial score (nSPS) is 16.0. The Hall–Kier alpha value is -1.79. The summed E-state index contributed by atoms with van der Waals surface area (Å²) in [6.45, 7) is 0.708. The van der Waals surface area contributed by atoms with E-state index in [0.29, 0.717) is 12.1 Å². The van der Waals surface area contributed by atoms with Gasteiger partial charge in [-0.15, -0.1) is 11.3 Å². The average molecular weight is 315 g/mol. The van der Waals surface area contributed by atoms with Crippen molar-refractivity contribution in [1.82, 2.24) is 14.1 Å². The number of nitrogens with zero attached hydrogens (tertiary/aromatic N) is 2. The molecule has 21 heavy (non-hydrogen) atoms. The number of aromatic nitrogens is 2. The summed E-state index contributed by atoms with van der Waals surface area (Å²) in [5, 5.41) is 5.17. The van der Waals surface area contributed by atoms with Crippen molar-refractivity contribution in [2.24, 2.45) is 0 Å². The zero-order chi connectivity index (χ0) is 14.3. The third-order valence-electron chi connectivity index (χ3n) is 4.00. The van der Waals surface area contributed by atoms with Crippen molar-refractivity contribution >= 4 is 40.0 Å². The highest BCUT2D eigenvalue weighted by Crippen LogP contribution is 2.49. The first-order chi connectivity index (χ1) is 10.3. The van der Waals surface area contributed by atoms with Crippen molar-refractivity contribution in [2.45, 2.75) is 18.3 Å². The molecule has 106 valence electrons. The number of benzene rings is 1. The van der Waals surface area contributed by atoms with Crippen LogP contribution in [0.2, 0.25) is 0 Å². The summed E-state index contributed by atoms with van der Waals surface area (Å²) in [4.78, 5) is 13.7. The van der Waals surface area contributed by atoms with Crippen LogP contribution in [-0.4, -0.2) is 21.2 Å². The van der Waals surface area contributed by atoms with Crippen molar-refractivity contribution in [3.63, 3.8) is 0 Å². The van der Waals surface area contributed by atoms with E-state index in [1.807, 2.05) is 12.1 Å². The highest BCUT2D eigenvalue weighted by molar-refractivity contribution is 7.10. The van der Waals surface area contributed by atoms with Gasteiger partial charge in [0.1, 0.15) is 11.0 Å². The molecule has 3 aromatic rings. The third kappa shape index (κ3) is 2.34. The Morgan fingerprint density at radius 1 is 1.24 bits per heavy atom. The molecule has 4 rings (SSSR count). The molecule has 1 saturated carbocycles. The molecule has 0 spiro atoms. The van der Waals surface area contributed by atoms with Gasteiger partial charge < -0.3 is 5.32 Å². The molecule has 1 aromatic carbocycles. The van der Waals surface area contributed by atoms with Crippen molar-refractivity contribution in [3.05, 3.63) is 46.2 Å². The Bertz CT molecular complexity index is 790. The van der Waals surface area contributed by atoms with Gasteiger partial charge >= 0.3 is 0 Å². The summed E-state index contributed by atoms with van der Waals surface area (Å²) in [6.07, 6.45) is 2.31. The van der Waals surface area contributed by atoms with Gasteiger partial charge in [-0.05, 0) is 42.5 Å². The fourth-order valence-electron chi connectivity index (χ4n) is 2.52. The zero-order valence-electron chi connectivity index (χ0n) is 11.2. The Kier molecular flexibility index (Phi) is 3.01. The number of thiophene rings is 1. The van der Waals surface area contributed by atoms with Crippen molar-refractivity contribution < 1.29 is 4.79 Å². The number of carbonyl (C=O) groups excluding carboxylic acids is 1. The number of amides is 1. The minimum absolute atomic E-state index is 0.0345.